The molecule has 1 amide bonds. The van der Waals surface area contributed by atoms with Gasteiger partial charge in [0.25, 0.3) is 5.91 Å². The van der Waals surface area contributed by atoms with Crippen LogP contribution in [0.1, 0.15) is 56.6 Å². The molecule has 1 N–H and O–H groups in total. The van der Waals surface area contributed by atoms with E-state index in [1.54, 1.807) is 20.8 Å². The zero-order chi connectivity index (χ0) is 25.7. The number of carbonyl (C=O) groups excluding carboxylic acids is 2. The first kappa shape index (κ1) is 26.7. The molecule has 1 unspecified atom stereocenters. The Hall–Kier alpha value is -3.56. The Balaban J connectivity index is 2.67. The molecule has 1 aromatic carbocycles. The summed E-state index contributed by atoms with van der Waals surface area (Å²) in [5.74, 6) is -5.63. The van der Waals surface area contributed by atoms with Gasteiger partial charge in [-0.2, -0.15) is 0 Å². The van der Waals surface area contributed by atoms with Gasteiger partial charge in [-0.05, 0) is 31.4 Å². The van der Waals surface area contributed by atoms with Crippen LogP contribution >= 0.6 is 0 Å². The second-order valence-corrected chi connectivity index (χ2v) is 8.19. The van der Waals surface area contributed by atoms with E-state index in [9.17, 15) is 28.3 Å². The van der Waals surface area contributed by atoms with E-state index < -0.39 is 47.5 Å². The van der Waals surface area contributed by atoms with Crippen LogP contribution in [0.2, 0.25) is 0 Å². The molecule has 1 heterocycles. The monoisotopic (exact) mass is 478 g/mol. The molecule has 2 aromatic rings. The molecular weight excluding hydrogens is 450 g/mol. The first-order valence-corrected chi connectivity index (χ1v) is 10.6. The average Bonchev–Trinajstić information content (AvgIpc) is 2.74. The predicted molar refractivity (Wildman–Crippen MR) is 119 cm³/mol. The quantitative estimate of drug-likeness (QED) is 0.542. The van der Waals surface area contributed by atoms with Crippen LogP contribution in [-0.2, 0) is 9.59 Å². The maximum Gasteiger partial charge on any atom is 0.326 e. The molecule has 8 nitrogen and oxygen atoms in total. The summed E-state index contributed by atoms with van der Waals surface area (Å²) in [5, 5.41) is 9.75. The van der Waals surface area contributed by atoms with Crippen LogP contribution in [0, 0.1) is 17.6 Å². The van der Waals surface area contributed by atoms with Crippen LogP contribution < -0.4 is 9.47 Å². The number of carboxylic acids is 1. The van der Waals surface area contributed by atoms with Gasteiger partial charge in [0.1, 0.15) is 17.7 Å². The molecule has 0 fully saturated rings. The number of carboxylic acid groups (broad SMARTS) is 1. The summed E-state index contributed by atoms with van der Waals surface area (Å²) in [6.07, 6.45) is 1.26. The van der Waals surface area contributed by atoms with Gasteiger partial charge in [0.2, 0.25) is 5.75 Å². The van der Waals surface area contributed by atoms with E-state index in [0.717, 1.165) is 24.0 Å². The number of ether oxygens (including phenoxy) is 2. The number of aromatic nitrogens is 1. The Morgan fingerprint density at radius 3 is 2.24 bits per heavy atom. The van der Waals surface area contributed by atoms with Crippen molar-refractivity contribution in [3.63, 3.8) is 0 Å². The highest BCUT2D eigenvalue weighted by atomic mass is 19.1. The highest BCUT2D eigenvalue weighted by Crippen LogP contribution is 2.36. The number of hydrogen-bond acceptors (Lipinski definition) is 6. The van der Waals surface area contributed by atoms with Gasteiger partial charge in [-0.25, -0.2) is 18.6 Å². The average molecular weight is 478 g/mol. The van der Waals surface area contributed by atoms with Crippen LogP contribution in [0.15, 0.2) is 30.5 Å². The topological polar surface area (TPSA) is 106 Å². The van der Waals surface area contributed by atoms with Crippen molar-refractivity contribution in [2.75, 3.05) is 7.11 Å². The Bertz CT molecular complexity index is 1080. The minimum Gasteiger partial charge on any atom is -0.493 e. The molecule has 0 spiro atoms. The smallest absolute Gasteiger partial charge is 0.326 e. The van der Waals surface area contributed by atoms with Gasteiger partial charge in [-0.3, -0.25) is 9.59 Å². The summed E-state index contributed by atoms with van der Waals surface area (Å²) in [4.78, 5) is 42.4. The highest BCUT2D eigenvalue weighted by Gasteiger charge is 2.39. The van der Waals surface area contributed by atoms with Crippen molar-refractivity contribution in [3.05, 3.63) is 53.4 Å². The number of amides is 1. The van der Waals surface area contributed by atoms with Crippen LogP contribution in [0.25, 0.3) is 0 Å². The van der Waals surface area contributed by atoms with Crippen molar-refractivity contribution in [2.24, 2.45) is 5.92 Å². The van der Waals surface area contributed by atoms with E-state index in [0.29, 0.717) is 0 Å². The standard InChI is InChI=1S/C24H28F2N2O6/c1-12(2)20(17-8-7-16(25)11-18(17)26)13(3)28(14(4)24(31)32)23(30)21-22(34-15(5)29)19(33-6)9-10-27-21/h7-14,20H,1-6H3,(H,31,32)/t13?,14-,20+/m0/s1. The fourth-order valence-corrected chi connectivity index (χ4v) is 4.06. The third-order valence-electron chi connectivity index (χ3n) is 5.54. The number of nitrogens with zero attached hydrogens (tertiary/aromatic N) is 2. The van der Waals surface area contributed by atoms with E-state index in [2.05, 4.69) is 4.98 Å². The highest BCUT2D eigenvalue weighted by molar-refractivity contribution is 5.98. The lowest BCUT2D eigenvalue weighted by atomic mass is 9.81. The Kier molecular flexibility index (Phi) is 8.67. The van der Waals surface area contributed by atoms with E-state index in [4.69, 9.17) is 9.47 Å². The molecule has 0 saturated carbocycles. The van der Waals surface area contributed by atoms with Crippen molar-refractivity contribution < 1.29 is 37.7 Å². The first-order chi connectivity index (χ1) is 15.9. The number of esters is 1. The second kappa shape index (κ2) is 11.0. The third kappa shape index (κ3) is 5.67. The first-order valence-electron chi connectivity index (χ1n) is 10.6. The van der Waals surface area contributed by atoms with Crippen LogP contribution in [0.4, 0.5) is 8.78 Å². The van der Waals surface area contributed by atoms with Crippen molar-refractivity contribution in [2.45, 2.75) is 52.6 Å². The van der Waals surface area contributed by atoms with E-state index >= 15 is 0 Å². The molecule has 1 aromatic heterocycles. The molecule has 0 bridgehead atoms. The Morgan fingerprint density at radius 1 is 1.09 bits per heavy atom. The molecule has 184 valence electrons. The van der Waals surface area contributed by atoms with Gasteiger partial charge in [0.05, 0.1) is 7.11 Å². The summed E-state index contributed by atoms with van der Waals surface area (Å²) in [6, 6.07) is 2.28. The van der Waals surface area contributed by atoms with Crippen molar-refractivity contribution in [1.29, 1.82) is 0 Å². The number of methoxy groups -OCH3 is 1. The zero-order valence-corrected chi connectivity index (χ0v) is 19.8. The van der Waals surface area contributed by atoms with E-state index in [-0.39, 0.29) is 28.7 Å². The zero-order valence-electron chi connectivity index (χ0n) is 19.8. The van der Waals surface area contributed by atoms with Crippen molar-refractivity contribution >= 4 is 17.8 Å². The SMILES string of the molecule is COc1ccnc(C(=O)N(C(C)[C@H](c2ccc(F)cc2F)C(C)C)[C@@H](C)C(=O)O)c1OC(C)=O. The molecule has 3 atom stereocenters. The van der Waals surface area contributed by atoms with Gasteiger partial charge in [-0.15, -0.1) is 0 Å². The minimum atomic E-state index is -1.36. The summed E-state index contributed by atoms with van der Waals surface area (Å²) >= 11 is 0. The van der Waals surface area contributed by atoms with Gasteiger partial charge >= 0.3 is 11.9 Å². The summed E-state index contributed by atoms with van der Waals surface area (Å²) < 4.78 is 38.6. The molecule has 34 heavy (non-hydrogen) atoms. The minimum absolute atomic E-state index is 0.0501. The molecule has 2 rings (SSSR count). The van der Waals surface area contributed by atoms with Gasteiger partial charge in [-0.1, -0.05) is 19.9 Å². The van der Waals surface area contributed by atoms with E-state index in [1.807, 2.05) is 0 Å². The molecule has 10 heteroatoms. The van der Waals surface area contributed by atoms with Crippen LogP contribution in [0.5, 0.6) is 11.5 Å². The third-order valence-corrected chi connectivity index (χ3v) is 5.54. The van der Waals surface area contributed by atoms with Crippen LogP contribution in [-0.4, -0.2) is 52.0 Å². The largest absolute Gasteiger partial charge is 0.493 e. The summed E-state index contributed by atoms with van der Waals surface area (Å²) in [5.41, 5.74) is -0.199. The number of pyridine rings is 1. The number of rotatable bonds is 9. The number of hydrogen-bond donors (Lipinski definition) is 1. The number of halogens is 2. The molecule has 0 aliphatic rings. The van der Waals surface area contributed by atoms with Crippen molar-refractivity contribution in [3.8, 4) is 11.5 Å². The molecule has 0 radical (unpaired) electrons. The fraction of sp³-hybridized carbons (Fsp3) is 0.417. The van der Waals surface area contributed by atoms with E-state index in [1.165, 1.54) is 32.4 Å². The summed E-state index contributed by atoms with van der Waals surface area (Å²) in [6.45, 7) is 7.59. The fourth-order valence-electron chi connectivity index (χ4n) is 4.06. The Morgan fingerprint density at radius 2 is 1.74 bits per heavy atom. The second-order valence-electron chi connectivity index (χ2n) is 8.19. The van der Waals surface area contributed by atoms with Gasteiger partial charge < -0.3 is 19.5 Å². The number of aliphatic carboxylic acids is 1. The maximum absolute atomic E-state index is 14.7. The van der Waals surface area contributed by atoms with Crippen LogP contribution in [0.3, 0.4) is 0 Å². The lowest BCUT2D eigenvalue weighted by molar-refractivity contribution is -0.142. The maximum atomic E-state index is 14.7. The number of benzene rings is 1. The molecule has 0 aliphatic carbocycles. The molecule has 0 aliphatic heterocycles. The summed E-state index contributed by atoms with van der Waals surface area (Å²) in [7, 11) is 1.31. The molecule has 0 saturated heterocycles. The van der Waals surface area contributed by atoms with Crippen molar-refractivity contribution in [1.82, 2.24) is 9.88 Å². The normalized spacial score (nSPS) is 13.7. The van der Waals surface area contributed by atoms with Gasteiger partial charge in [0.15, 0.2) is 11.4 Å². The lowest BCUT2D eigenvalue weighted by Gasteiger charge is -2.39. The lowest BCUT2D eigenvalue weighted by Crippen LogP contribution is -2.51. The molecular formula is C24H28F2N2O6. The Labute approximate surface area is 196 Å². The predicted octanol–water partition coefficient (Wildman–Crippen LogP) is 4.04. The number of carbonyl (C=O) groups is 3. The van der Waals surface area contributed by atoms with Gasteiger partial charge in [0, 0.05) is 37.2 Å².